The lowest BCUT2D eigenvalue weighted by atomic mass is 9.83. The topological polar surface area (TPSA) is 72.2 Å². The highest BCUT2D eigenvalue weighted by atomic mass is 79.9. The molecule has 1 amide bonds. The molecule has 0 spiro atoms. The number of ketones is 1. The van der Waals surface area contributed by atoms with Gasteiger partial charge >= 0.3 is 0 Å². The number of fused-ring (bicyclic) bond motifs is 1. The van der Waals surface area contributed by atoms with Gasteiger partial charge in [-0.05, 0) is 18.2 Å². The van der Waals surface area contributed by atoms with Crippen molar-refractivity contribution in [2.45, 2.75) is 19.4 Å². The maximum Gasteiger partial charge on any atom is 0.224 e. The predicted molar refractivity (Wildman–Crippen MR) is 71.3 cm³/mol. The highest BCUT2D eigenvalue weighted by molar-refractivity contribution is 9.10. The lowest BCUT2D eigenvalue weighted by Crippen LogP contribution is -2.38. The van der Waals surface area contributed by atoms with Crippen LogP contribution < -0.4 is 5.32 Å². The molecule has 1 aromatic carbocycles. The Kier molecular flexibility index (Phi) is 3.10. The Morgan fingerprint density at radius 1 is 1.47 bits per heavy atom. The highest BCUT2D eigenvalue weighted by Crippen LogP contribution is 2.23. The van der Waals surface area contributed by atoms with E-state index in [2.05, 4.69) is 26.2 Å². The van der Waals surface area contributed by atoms with Crippen LogP contribution in [0.25, 0.3) is 11.1 Å². The number of halogens is 1. The van der Waals surface area contributed by atoms with Crippen molar-refractivity contribution in [3.8, 4) is 0 Å². The number of benzene rings is 1. The molecule has 0 radical (unpaired) electrons. The minimum absolute atomic E-state index is 0.108. The van der Waals surface area contributed by atoms with Gasteiger partial charge in [-0.2, -0.15) is 0 Å². The van der Waals surface area contributed by atoms with Gasteiger partial charge in [-0.3, -0.25) is 9.59 Å². The van der Waals surface area contributed by atoms with Gasteiger partial charge in [0.15, 0.2) is 5.58 Å². The van der Waals surface area contributed by atoms with E-state index in [9.17, 15) is 9.59 Å². The van der Waals surface area contributed by atoms with Crippen molar-refractivity contribution in [3.63, 3.8) is 0 Å². The van der Waals surface area contributed by atoms with Crippen LogP contribution in [-0.2, 0) is 16.1 Å². The fraction of sp³-hybridized carbons (Fsp3) is 0.308. The SMILES string of the molecule is O=C1CC(C(=O)NCc2nc3cc(Br)ccc3o2)C1. The number of oxazole rings is 1. The molecule has 98 valence electrons. The summed E-state index contributed by atoms with van der Waals surface area (Å²) >= 11 is 3.36. The van der Waals surface area contributed by atoms with E-state index in [1.165, 1.54) is 0 Å². The van der Waals surface area contributed by atoms with Gasteiger partial charge in [0.25, 0.3) is 0 Å². The second-order valence-electron chi connectivity index (χ2n) is 4.58. The molecule has 1 aliphatic carbocycles. The largest absolute Gasteiger partial charge is 0.439 e. The molecule has 0 bridgehead atoms. The number of aromatic nitrogens is 1. The standard InChI is InChI=1S/C13H11BrN2O3/c14-8-1-2-11-10(5-8)16-12(19-11)6-15-13(18)7-3-9(17)4-7/h1-2,5,7H,3-4,6H2,(H,15,18). The number of hydrogen-bond acceptors (Lipinski definition) is 4. The van der Waals surface area contributed by atoms with Gasteiger partial charge in [0.2, 0.25) is 11.8 Å². The lowest BCUT2D eigenvalue weighted by Gasteiger charge is -2.22. The fourth-order valence-corrected chi connectivity index (χ4v) is 2.36. The van der Waals surface area contributed by atoms with Gasteiger partial charge < -0.3 is 9.73 Å². The summed E-state index contributed by atoms with van der Waals surface area (Å²) in [4.78, 5) is 26.8. The Morgan fingerprint density at radius 2 is 2.26 bits per heavy atom. The Bertz CT molecular complexity index is 657. The van der Waals surface area contributed by atoms with Crippen LogP contribution in [0.5, 0.6) is 0 Å². The smallest absolute Gasteiger partial charge is 0.224 e. The summed E-state index contributed by atoms with van der Waals surface area (Å²) in [5.74, 6) is 0.327. The minimum Gasteiger partial charge on any atom is -0.439 e. The average Bonchev–Trinajstić information content (AvgIpc) is 2.74. The molecule has 1 heterocycles. The summed E-state index contributed by atoms with van der Waals surface area (Å²) in [6, 6.07) is 5.55. The van der Waals surface area contributed by atoms with Gasteiger partial charge in [0.1, 0.15) is 11.3 Å². The van der Waals surface area contributed by atoms with Crippen molar-refractivity contribution in [2.24, 2.45) is 5.92 Å². The third-order valence-corrected chi connectivity index (χ3v) is 3.62. The molecule has 0 unspecified atom stereocenters. The zero-order valence-electron chi connectivity index (χ0n) is 9.98. The summed E-state index contributed by atoms with van der Waals surface area (Å²) < 4.78 is 6.44. The van der Waals surface area contributed by atoms with Crippen LogP contribution in [0.3, 0.4) is 0 Å². The molecule has 3 rings (SSSR count). The van der Waals surface area contributed by atoms with Gasteiger partial charge in [-0.25, -0.2) is 4.98 Å². The van der Waals surface area contributed by atoms with Crippen molar-refractivity contribution in [3.05, 3.63) is 28.6 Å². The minimum atomic E-state index is -0.175. The third kappa shape index (κ3) is 2.53. The van der Waals surface area contributed by atoms with E-state index in [1.807, 2.05) is 18.2 Å². The first-order valence-electron chi connectivity index (χ1n) is 5.96. The zero-order valence-corrected chi connectivity index (χ0v) is 11.6. The van der Waals surface area contributed by atoms with E-state index < -0.39 is 0 Å². The number of nitrogens with zero attached hydrogens (tertiary/aromatic N) is 1. The summed E-state index contributed by atoms with van der Waals surface area (Å²) in [7, 11) is 0. The van der Waals surface area contributed by atoms with E-state index in [4.69, 9.17) is 4.42 Å². The maximum absolute atomic E-state index is 11.7. The summed E-state index contributed by atoms with van der Waals surface area (Å²) in [6.07, 6.45) is 0.707. The number of carbonyl (C=O) groups excluding carboxylic acids is 2. The first-order valence-corrected chi connectivity index (χ1v) is 6.75. The normalized spacial score (nSPS) is 15.5. The molecule has 19 heavy (non-hydrogen) atoms. The first-order chi connectivity index (χ1) is 9.11. The lowest BCUT2D eigenvalue weighted by molar-refractivity contribution is -0.138. The maximum atomic E-state index is 11.7. The van der Waals surface area contributed by atoms with E-state index >= 15 is 0 Å². The van der Waals surface area contributed by atoms with E-state index in [0.717, 1.165) is 9.99 Å². The van der Waals surface area contributed by atoms with Crippen molar-refractivity contribution in [1.82, 2.24) is 10.3 Å². The summed E-state index contributed by atoms with van der Waals surface area (Å²) in [5.41, 5.74) is 1.43. The Balaban J connectivity index is 1.65. The molecule has 1 aromatic heterocycles. The molecule has 2 aromatic rings. The molecule has 0 aliphatic heterocycles. The van der Waals surface area contributed by atoms with Gasteiger partial charge in [-0.15, -0.1) is 0 Å². The molecule has 1 fully saturated rings. The zero-order chi connectivity index (χ0) is 13.4. The molecular formula is C13H11BrN2O3. The van der Waals surface area contributed by atoms with E-state index in [0.29, 0.717) is 24.3 Å². The monoisotopic (exact) mass is 322 g/mol. The predicted octanol–water partition coefficient (Wildman–Crippen LogP) is 2.19. The molecule has 1 aliphatic rings. The van der Waals surface area contributed by atoms with Crippen molar-refractivity contribution < 1.29 is 14.0 Å². The number of hydrogen-bond donors (Lipinski definition) is 1. The van der Waals surface area contributed by atoms with Gasteiger partial charge in [0, 0.05) is 17.3 Å². The highest BCUT2D eigenvalue weighted by Gasteiger charge is 2.32. The van der Waals surface area contributed by atoms with Crippen LogP contribution in [0.2, 0.25) is 0 Å². The van der Waals surface area contributed by atoms with Crippen LogP contribution in [0.1, 0.15) is 18.7 Å². The van der Waals surface area contributed by atoms with Crippen LogP contribution in [-0.4, -0.2) is 16.7 Å². The Morgan fingerprint density at radius 3 is 3.00 bits per heavy atom. The molecule has 6 heteroatoms. The van der Waals surface area contributed by atoms with E-state index in [-0.39, 0.29) is 24.2 Å². The number of nitrogens with one attached hydrogen (secondary N) is 1. The van der Waals surface area contributed by atoms with Crippen molar-refractivity contribution in [2.75, 3.05) is 0 Å². The van der Waals surface area contributed by atoms with Crippen LogP contribution in [0, 0.1) is 5.92 Å². The van der Waals surface area contributed by atoms with Crippen LogP contribution in [0.4, 0.5) is 0 Å². The molecular weight excluding hydrogens is 312 g/mol. The van der Waals surface area contributed by atoms with E-state index in [1.54, 1.807) is 0 Å². The van der Waals surface area contributed by atoms with Crippen molar-refractivity contribution >= 4 is 38.7 Å². The number of rotatable bonds is 3. The molecule has 0 atom stereocenters. The second-order valence-corrected chi connectivity index (χ2v) is 5.50. The number of carbonyl (C=O) groups is 2. The second kappa shape index (κ2) is 4.77. The molecule has 0 saturated heterocycles. The Hall–Kier alpha value is -1.69. The van der Waals surface area contributed by atoms with Gasteiger partial charge in [-0.1, -0.05) is 15.9 Å². The summed E-state index contributed by atoms with van der Waals surface area (Å²) in [6.45, 7) is 0.246. The third-order valence-electron chi connectivity index (χ3n) is 3.13. The van der Waals surface area contributed by atoms with Crippen LogP contribution >= 0.6 is 15.9 Å². The number of Topliss-reactive ketones (excluding diaryl/α,β-unsaturated/α-hetero) is 1. The van der Waals surface area contributed by atoms with Crippen LogP contribution in [0.15, 0.2) is 27.1 Å². The fourth-order valence-electron chi connectivity index (χ4n) is 2.01. The number of amides is 1. The summed E-state index contributed by atoms with van der Waals surface area (Å²) in [5, 5.41) is 2.74. The first kappa shape index (κ1) is 12.3. The molecule has 5 nitrogen and oxygen atoms in total. The van der Waals surface area contributed by atoms with Gasteiger partial charge in [0.05, 0.1) is 12.5 Å². The molecule has 1 saturated carbocycles. The molecule has 1 N–H and O–H groups in total. The van der Waals surface area contributed by atoms with Crippen molar-refractivity contribution in [1.29, 1.82) is 0 Å². The quantitative estimate of drug-likeness (QED) is 0.940. The Labute approximate surface area is 117 Å². The average molecular weight is 323 g/mol.